The Balaban J connectivity index is 1.50. The maximum absolute atomic E-state index is 12.9. The van der Waals surface area contributed by atoms with Gasteiger partial charge in [0.2, 0.25) is 5.91 Å². The molecule has 1 aromatic rings. The highest BCUT2D eigenvalue weighted by atomic mass is 32.2. The van der Waals surface area contributed by atoms with Crippen molar-refractivity contribution >= 4 is 35.5 Å². The molecule has 0 bridgehead atoms. The topological polar surface area (TPSA) is 133 Å². The highest BCUT2D eigenvalue weighted by Crippen LogP contribution is 2.41. The number of aliphatic carboxylic acids is 1. The molecule has 0 radical (unpaired) electrons. The van der Waals surface area contributed by atoms with Crippen LogP contribution in [0.4, 0.5) is 0 Å². The molecule has 2 saturated heterocycles. The van der Waals surface area contributed by atoms with Crippen LogP contribution < -0.4 is 11.1 Å². The van der Waals surface area contributed by atoms with E-state index in [0.29, 0.717) is 18.7 Å². The molecule has 31 heavy (non-hydrogen) atoms. The minimum Gasteiger partial charge on any atom is -0.477 e. The van der Waals surface area contributed by atoms with Gasteiger partial charge in [0.15, 0.2) is 0 Å². The Kier molecular flexibility index (Phi) is 6.01. The van der Waals surface area contributed by atoms with E-state index < -0.39 is 35.2 Å². The smallest absolute Gasteiger partial charge is 0.353 e. The summed E-state index contributed by atoms with van der Waals surface area (Å²) in [7, 11) is 0. The zero-order chi connectivity index (χ0) is 22.1. The standard InChI is InChI=1S/C21H24N4O5S/c22-14(12-7-3-1-4-8-12)17(26)23-15-19(28)25-16(21(29)30)13(11-31-20(15)25)18(27)24-9-5-2-6-10-24/h1,3-4,7-8,14-15,20H,2,5-6,9-11,22H2,(H,23,26)(H,29,30)/t14?,15?,20-/m1/s1. The minimum absolute atomic E-state index is 0.134. The fraction of sp³-hybridized carbons (Fsp3) is 0.429. The van der Waals surface area contributed by atoms with Gasteiger partial charge in [-0.3, -0.25) is 19.3 Å². The second-order valence-electron chi connectivity index (χ2n) is 7.77. The molecule has 2 fully saturated rings. The minimum atomic E-state index is -1.32. The second-order valence-corrected chi connectivity index (χ2v) is 8.87. The van der Waals surface area contributed by atoms with E-state index in [1.807, 2.05) is 6.07 Å². The molecule has 1 aromatic carbocycles. The van der Waals surface area contributed by atoms with Crippen LogP contribution in [-0.2, 0) is 19.2 Å². The van der Waals surface area contributed by atoms with E-state index in [9.17, 15) is 24.3 Å². The third-order valence-corrected chi connectivity index (χ3v) is 7.09. The number of amides is 3. The molecular formula is C21H24N4O5S. The molecule has 4 rings (SSSR count). The predicted molar refractivity (Wildman–Crippen MR) is 113 cm³/mol. The molecule has 9 nitrogen and oxygen atoms in total. The van der Waals surface area contributed by atoms with Crippen molar-refractivity contribution in [3.63, 3.8) is 0 Å². The Morgan fingerprint density at radius 1 is 1.13 bits per heavy atom. The van der Waals surface area contributed by atoms with Gasteiger partial charge in [0.05, 0.1) is 5.57 Å². The zero-order valence-electron chi connectivity index (χ0n) is 16.8. The summed E-state index contributed by atoms with van der Waals surface area (Å²) in [6, 6.07) is 6.95. The average molecular weight is 445 g/mol. The first-order valence-electron chi connectivity index (χ1n) is 10.2. The SMILES string of the molecule is NC(C(=O)NC1C(=O)N2C(C(=O)O)=C(C(=O)N3CCCCC3)CS[C@H]12)c1ccccc1. The Hall–Kier alpha value is -2.85. The lowest BCUT2D eigenvalue weighted by Gasteiger charge is -2.49. The first-order valence-corrected chi connectivity index (χ1v) is 11.3. The van der Waals surface area contributed by atoms with Gasteiger partial charge in [0, 0.05) is 18.8 Å². The molecule has 0 aliphatic carbocycles. The maximum Gasteiger partial charge on any atom is 0.353 e. The Morgan fingerprint density at radius 2 is 1.81 bits per heavy atom. The summed E-state index contributed by atoms with van der Waals surface area (Å²) < 4.78 is 0. The molecule has 3 atom stereocenters. The Bertz CT molecular complexity index is 944. The summed E-state index contributed by atoms with van der Waals surface area (Å²) in [6.07, 6.45) is 2.81. The molecule has 2 unspecified atom stereocenters. The molecule has 10 heteroatoms. The lowest BCUT2D eigenvalue weighted by Crippen LogP contribution is -2.71. The van der Waals surface area contributed by atoms with Crippen LogP contribution in [-0.4, -0.2) is 68.9 Å². The summed E-state index contributed by atoms with van der Waals surface area (Å²) >= 11 is 1.28. The van der Waals surface area contributed by atoms with Crippen LogP contribution >= 0.6 is 11.8 Å². The van der Waals surface area contributed by atoms with Crippen molar-refractivity contribution in [2.24, 2.45) is 5.73 Å². The lowest BCUT2D eigenvalue weighted by atomic mass is 10.0. The summed E-state index contributed by atoms with van der Waals surface area (Å²) in [5.41, 5.74) is 6.47. The molecule has 3 heterocycles. The van der Waals surface area contributed by atoms with Crippen molar-refractivity contribution in [1.29, 1.82) is 0 Å². The number of carbonyl (C=O) groups is 4. The monoisotopic (exact) mass is 444 g/mol. The molecule has 4 N–H and O–H groups in total. The fourth-order valence-corrected chi connectivity index (χ4v) is 5.46. The van der Waals surface area contributed by atoms with Crippen LogP contribution in [0.3, 0.4) is 0 Å². The average Bonchev–Trinajstić information content (AvgIpc) is 2.81. The molecular weight excluding hydrogens is 420 g/mol. The first kappa shape index (κ1) is 21.4. The summed E-state index contributed by atoms with van der Waals surface area (Å²) in [6.45, 7) is 1.18. The summed E-state index contributed by atoms with van der Waals surface area (Å²) in [4.78, 5) is 53.0. The van der Waals surface area contributed by atoms with Crippen LogP contribution in [0.15, 0.2) is 41.6 Å². The zero-order valence-corrected chi connectivity index (χ0v) is 17.6. The number of thioether (sulfide) groups is 1. The molecule has 164 valence electrons. The van der Waals surface area contributed by atoms with Gasteiger partial charge in [-0.15, -0.1) is 11.8 Å². The molecule has 3 aliphatic heterocycles. The van der Waals surface area contributed by atoms with E-state index in [4.69, 9.17) is 5.73 Å². The van der Waals surface area contributed by atoms with Crippen molar-refractivity contribution in [2.75, 3.05) is 18.8 Å². The largest absolute Gasteiger partial charge is 0.477 e. The van der Waals surface area contributed by atoms with E-state index in [0.717, 1.165) is 24.2 Å². The number of β-lactam (4-membered cyclic amide) rings is 1. The van der Waals surface area contributed by atoms with Crippen molar-refractivity contribution < 1.29 is 24.3 Å². The van der Waals surface area contributed by atoms with Crippen LogP contribution in [0.1, 0.15) is 30.9 Å². The van der Waals surface area contributed by atoms with Crippen molar-refractivity contribution in [3.05, 3.63) is 47.2 Å². The third kappa shape index (κ3) is 3.92. The van der Waals surface area contributed by atoms with Crippen LogP contribution in [0.25, 0.3) is 0 Å². The number of fused-ring (bicyclic) bond motifs is 1. The summed E-state index contributed by atoms with van der Waals surface area (Å²) in [5, 5.41) is 11.8. The number of benzene rings is 1. The van der Waals surface area contributed by atoms with Crippen LogP contribution in [0.5, 0.6) is 0 Å². The first-order chi connectivity index (χ1) is 14.9. The maximum atomic E-state index is 12.9. The van der Waals surface area contributed by atoms with E-state index in [1.165, 1.54) is 11.8 Å². The number of rotatable bonds is 5. The lowest BCUT2D eigenvalue weighted by molar-refractivity contribution is -0.151. The number of hydrogen-bond acceptors (Lipinski definition) is 6. The van der Waals surface area contributed by atoms with Crippen molar-refractivity contribution in [1.82, 2.24) is 15.1 Å². The normalized spacial score (nSPS) is 24.2. The molecule has 3 amide bonds. The highest BCUT2D eigenvalue weighted by Gasteiger charge is 2.55. The molecule has 0 saturated carbocycles. The molecule has 3 aliphatic rings. The van der Waals surface area contributed by atoms with Gasteiger partial charge in [-0.1, -0.05) is 30.3 Å². The van der Waals surface area contributed by atoms with Gasteiger partial charge in [-0.25, -0.2) is 4.79 Å². The number of nitrogens with zero attached hydrogens (tertiary/aromatic N) is 2. The predicted octanol–water partition coefficient (Wildman–Crippen LogP) is 0.438. The number of carboxylic acids is 1. The number of carboxylic acid groups (broad SMARTS) is 1. The fourth-order valence-electron chi connectivity index (χ4n) is 4.13. The number of carbonyl (C=O) groups excluding carboxylic acids is 3. The Labute approximate surface area is 183 Å². The van der Waals surface area contributed by atoms with E-state index in [1.54, 1.807) is 29.2 Å². The van der Waals surface area contributed by atoms with Gasteiger partial charge in [-0.05, 0) is 24.8 Å². The van der Waals surface area contributed by atoms with E-state index in [-0.39, 0.29) is 22.9 Å². The van der Waals surface area contributed by atoms with Gasteiger partial charge < -0.3 is 21.1 Å². The second kappa shape index (κ2) is 8.72. The quantitative estimate of drug-likeness (QED) is 0.561. The van der Waals surface area contributed by atoms with Crippen LogP contribution in [0.2, 0.25) is 0 Å². The van der Waals surface area contributed by atoms with E-state index >= 15 is 0 Å². The summed E-state index contributed by atoms with van der Waals surface area (Å²) in [5.74, 6) is -2.53. The van der Waals surface area contributed by atoms with Gasteiger partial charge >= 0.3 is 5.97 Å². The number of hydrogen-bond donors (Lipinski definition) is 3. The van der Waals surface area contributed by atoms with Gasteiger partial charge in [0.1, 0.15) is 23.2 Å². The van der Waals surface area contributed by atoms with Gasteiger partial charge in [-0.2, -0.15) is 0 Å². The van der Waals surface area contributed by atoms with Crippen LogP contribution in [0, 0.1) is 0 Å². The number of likely N-dealkylation sites (tertiary alicyclic amines) is 1. The Morgan fingerprint density at radius 3 is 2.45 bits per heavy atom. The van der Waals surface area contributed by atoms with Crippen molar-refractivity contribution in [3.8, 4) is 0 Å². The van der Waals surface area contributed by atoms with Gasteiger partial charge in [0.25, 0.3) is 11.8 Å². The van der Waals surface area contributed by atoms with Crippen molar-refractivity contribution in [2.45, 2.75) is 36.7 Å². The number of piperidine rings is 1. The number of nitrogens with two attached hydrogens (primary N) is 1. The third-order valence-electron chi connectivity index (χ3n) is 5.81. The molecule has 0 spiro atoms. The van der Waals surface area contributed by atoms with E-state index in [2.05, 4.69) is 5.32 Å². The highest BCUT2D eigenvalue weighted by molar-refractivity contribution is 8.00. The molecule has 0 aromatic heterocycles. The number of nitrogens with one attached hydrogen (secondary N) is 1.